The Kier molecular flexibility index (Phi) is 5.03. The first-order valence-electron chi connectivity index (χ1n) is 7.50. The number of ether oxygens (including phenoxy) is 1. The van der Waals surface area contributed by atoms with Gasteiger partial charge in [0.25, 0.3) is 0 Å². The van der Waals surface area contributed by atoms with Crippen LogP contribution in [0.5, 0.6) is 5.75 Å². The second-order valence-electron chi connectivity index (χ2n) is 6.12. The normalized spacial score (nSPS) is 19.8. The maximum absolute atomic E-state index is 11.3. The molecular weight excluding hydrogens is 316 g/mol. The highest BCUT2D eigenvalue weighted by Gasteiger charge is 2.38. The van der Waals surface area contributed by atoms with Crippen LogP contribution in [0.25, 0.3) is 0 Å². The van der Waals surface area contributed by atoms with E-state index < -0.39 is 16.4 Å². The highest BCUT2D eigenvalue weighted by Crippen LogP contribution is 2.32. The minimum atomic E-state index is -1.36. The van der Waals surface area contributed by atoms with E-state index in [1.807, 2.05) is 13.8 Å². The summed E-state index contributed by atoms with van der Waals surface area (Å²) in [6.07, 6.45) is 2.02. The number of rotatable bonds is 7. The molecule has 0 aromatic heterocycles. The molecule has 0 aliphatic carbocycles. The first-order chi connectivity index (χ1) is 11.2. The van der Waals surface area contributed by atoms with Crippen LogP contribution in [0.4, 0.5) is 11.4 Å². The number of carboxylic acids is 1. The van der Waals surface area contributed by atoms with Crippen molar-refractivity contribution in [1.29, 1.82) is 0 Å². The predicted molar refractivity (Wildman–Crippen MR) is 88.2 cm³/mol. The van der Waals surface area contributed by atoms with Gasteiger partial charge >= 0.3 is 11.7 Å². The number of anilines is 1. The monoisotopic (exact) mass is 336 g/mol. The molecule has 2 N–H and O–H groups in total. The molecule has 24 heavy (non-hydrogen) atoms. The van der Waals surface area contributed by atoms with Crippen LogP contribution in [-0.2, 0) is 4.79 Å². The highest BCUT2D eigenvalue weighted by molar-refractivity contribution is 6.00. The molecule has 0 bridgehead atoms. The number of aliphatic carboxylic acids is 1. The Morgan fingerprint density at radius 3 is 2.79 bits per heavy atom. The lowest BCUT2D eigenvalue weighted by Crippen LogP contribution is -2.51. The van der Waals surface area contributed by atoms with Crippen molar-refractivity contribution in [3.8, 4) is 5.75 Å². The van der Waals surface area contributed by atoms with Crippen molar-refractivity contribution in [3.05, 3.63) is 28.3 Å². The Morgan fingerprint density at radius 2 is 2.25 bits per heavy atom. The SMILES string of the molecule is CC(C)CCOc1ccc(N2N=CC(C)(C(=O)O)N2)cc1[N+](=O)[O-]. The lowest BCUT2D eigenvalue weighted by molar-refractivity contribution is -0.385. The van der Waals surface area contributed by atoms with Gasteiger partial charge in [0, 0.05) is 6.07 Å². The van der Waals surface area contributed by atoms with Crippen molar-refractivity contribution in [2.45, 2.75) is 32.7 Å². The van der Waals surface area contributed by atoms with Gasteiger partial charge in [-0.3, -0.25) is 10.1 Å². The molecule has 0 amide bonds. The van der Waals surface area contributed by atoms with E-state index in [1.54, 1.807) is 6.07 Å². The molecule has 0 fully saturated rings. The van der Waals surface area contributed by atoms with Crippen LogP contribution >= 0.6 is 0 Å². The molecule has 0 saturated carbocycles. The summed E-state index contributed by atoms with van der Waals surface area (Å²) in [5.41, 5.74) is 1.46. The minimum Gasteiger partial charge on any atom is -0.487 e. The molecule has 1 aliphatic heterocycles. The summed E-state index contributed by atoms with van der Waals surface area (Å²) in [5, 5.41) is 25.6. The van der Waals surface area contributed by atoms with Gasteiger partial charge < -0.3 is 9.84 Å². The number of nitrogens with zero attached hydrogens (tertiary/aromatic N) is 3. The zero-order valence-corrected chi connectivity index (χ0v) is 13.7. The third kappa shape index (κ3) is 3.80. The number of hydrogen-bond acceptors (Lipinski definition) is 7. The van der Waals surface area contributed by atoms with E-state index in [2.05, 4.69) is 10.5 Å². The molecule has 0 radical (unpaired) electrons. The summed E-state index contributed by atoms with van der Waals surface area (Å²) < 4.78 is 5.49. The number of benzene rings is 1. The number of carboxylic acid groups (broad SMARTS) is 1. The Labute approximate surface area is 139 Å². The largest absolute Gasteiger partial charge is 0.487 e. The number of hydrazone groups is 1. The zero-order valence-electron chi connectivity index (χ0n) is 13.7. The molecule has 9 nitrogen and oxygen atoms in total. The molecule has 2 rings (SSSR count). The van der Waals surface area contributed by atoms with E-state index in [0.717, 1.165) is 6.42 Å². The molecule has 1 atom stereocenters. The predicted octanol–water partition coefficient (Wildman–Crippen LogP) is 2.17. The quantitative estimate of drug-likeness (QED) is 0.579. The minimum absolute atomic E-state index is 0.175. The van der Waals surface area contributed by atoms with E-state index in [-0.39, 0.29) is 11.4 Å². The zero-order chi connectivity index (χ0) is 17.9. The molecule has 1 aromatic carbocycles. The van der Waals surface area contributed by atoms with Crippen molar-refractivity contribution < 1.29 is 19.6 Å². The topological polar surface area (TPSA) is 117 Å². The van der Waals surface area contributed by atoms with E-state index >= 15 is 0 Å². The van der Waals surface area contributed by atoms with Crippen LogP contribution in [0.15, 0.2) is 23.3 Å². The second-order valence-corrected chi connectivity index (χ2v) is 6.12. The number of hydrogen-bond donors (Lipinski definition) is 2. The van der Waals surface area contributed by atoms with Crippen LogP contribution in [0.2, 0.25) is 0 Å². The third-order valence-corrected chi connectivity index (χ3v) is 3.55. The van der Waals surface area contributed by atoms with Gasteiger partial charge in [0.1, 0.15) is 0 Å². The fourth-order valence-electron chi connectivity index (χ4n) is 1.99. The molecule has 0 spiro atoms. The van der Waals surface area contributed by atoms with Gasteiger partial charge in [0.2, 0.25) is 0 Å². The molecule has 1 unspecified atom stereocenters. The van der Waals surface area contributed by atoms with Crippen LogP contribution in [-0.4, -0.2) is 34.4 Å². The van der Waals surface area contributed by atoms with Crippen LogP contribution in [0.3, 0.4) is 0 Å². The highest BCUT2D eigenvalue weighted by atomic mass is 16.6. The number of nitro groups is 1. The molecular formula is C15H20N4O5. The lowest BCUT2D eigenvalue weighted by Gasteiger charge is -2.21. The van der Waals surface area contributed by atoms with Crippen LogP contribution in [0.1, 0.15) is 27.2 Å². The van der Waals surface area contributed by atoms with E-state index in [1.165, 1.54) is 30.4 Å². The first kappa shape index (κ1) is 17.7. The summed E-state index contributed by atoms with van der Waals surface area (Å²) >= 11 is 0. The fraction of sp³-hybridized carbons (Fsp3) is 0.467. The smallest absolute Gasteiger partial charge is 0.331 e. The molecule has 9 heteroatoms. The lowest BCUT2D eigenvalue weighted by atomic mass is 10.1. The van der Waals surface area contributed by atoms with E-state index in [9.17, 15) is 14.9 Å². The van der Waals surface area contributed by atoms with Gasteiger partial charge in [-0.15, -0.1) is 0 Å². The molecule has 130 valence electrons. The number of nitrogens with one attached hydrogen (secondary N) is 1. The van der Waals surface area contributed by atoms with E-state index in [4.69, 9.17) is 9.84 Å². The Morgan fingerprint density at radius 1 is 1.54 bits per heavy atom. The Hall–Kier alpha value is -2.68. The fourth-order valence-corrected chi connectivity index (χ4v) is 1.99. The standard InChI is InChI=1S/C15H20N4O5/c1-10(2)6-7-24-13-5-4-11(8-12(13)19(22)23)18-16-9-15(3,17-18)14(20)21/h4-5,8-10,17H,6-7H2,1-3H3,(H,20,21). The van der Waals surface area contributed by atoms with Crippen molar-refractivity contribution in [3.63, 3.8) is 0 Å². The first-order valence-corrected chi connectivity index (χ1v) is 7.50. The van der Waals surface area contributed by atoms with Gasteiger partial charge in [0.15, 0.2) is 11.3 Å². The van der Waals surface area contributed by atoms with Crippen LogP contribution < -0.4 is 15.3 Å². The Bertz CT molecular complexity index is 676. The molecule has 1 heterocycles. The van der Waals surface area contributed by atoms with Crippen molar-refractivity contribution in [2.24, 2.45) is 11.0 Å². The Balaban J connectivity index is 2.19. The number of nitro benzene ring substituents is 1. The van der Waals surface area contributed by atoms with Gasteiger partial charge in [-0.2, -0.15) is 15.6 Å². The molecule has 1 aromatic rings. The summed E-state index contributed by atoms with van der Waals surface area (Å²) in [4.78, 5) is 21.9. The number of carbonyl (C=O) groups is 1. The van der Waals surface area contributed by atoms with Crippen molar-refractivity contribution >= 4 is 23.6 Å². The maximum atomic E-state index is 11.3. The average Bonchev–Trinajstić information content (AvgIpc) is 2.91. The van der Waals surface area contributed by atoms with Crippen LogP contribution in [0, 0.1) is 16.0 Å². The second kappa shape index (κ2) is 6.83. The summed E-state index contributed by atoms with van der Waals surface area (Å²) in [6, 6.07) is 4.36. The summed E-state index contributed by atoms with van der Waals surface area (Å²) in [7, 11) is 0. The summed E-state index contributed by atoms with van der Waals surface area (Å²) in [6.45, 7) is 5.90. The van der Waals surface area contributed by atoms with Gasteiger partial charge in [-0.25, -0.2) is 4.79 Å². The molecule has 1 aliphatic rings. The maximum Gasteiger partial charge on any atom is 0.331 e. The average molecular weight is 336 g/mol. The van der Waals surface area contributed by atoms with E-state index in [0.29, 0.717) is 18.2 Å². The third-order valence-electron chi connectivity index (χ3n) is 3.55. The molecule has 0 saturated heterocycles. The van der Waals surface area contributed by atoms with Gasteiger partial charge in [-0.1, -0.05) is 13.8 Å². The van der Waals surface area contributed by atoms with Crippen molar-refractivity contribution in [2.75, 3.05) is 11.7 Å². The van der Waals surface area contributed by atoms with Gasteiger partial charge in [-0.05, 0) is 31.4 Å². The van der Waals surface area contributed by atoms with Crippen molar-refractivity contribution in [1.82, 2.24) is 5.43 Å². The summed E-state index contributed by atoms with van der Waals surface area (Å²) in [5.74, 6) is -0.495. The number of hydrazine groups is 1. The van der Waals surface area contributed by atoms with Gasteiger partial charge in [0.05, 0.1) is 23.4 Å².